The number of nitrogens with zero attached hydrogens (tertiary/aromatic N) is 4. The minimum atomic E-state index is -0.195. The van der Waals surface area contributed by atoms with Crippen molar-refractivity contribution in [3.63, 3.8) is 0 Å². The monoisotopic (exact) mass is 450 g/mol. The number of fused-ring (bicyclic) bond motifs is 3. The Hall–Kier alpha value is -0.610. The van der Waals surface area contributed by atoms with Crippen molar-refractivity contribution in [2.24, 2.45) is 16.6 Å². The van der Waals surface area contributed by atoms with E-state index in [1.807, 2.05) is 7.05 Å². The molecule has 4 rings (SSSR count). The second-order valence-corrected chi connectivity index (χ2v) is 7.04. The average Bonchev–Trinajstić information content (AvgIpc) is 2.56. The van der Waals surface area contributed by atoms with Gasteiger partial charge in [0.05, 0.1) is 0 Å². The van der Waals surface area contributed by atoms with E-state index in [1.165, 1.54) is 26.2 Å². The summed E-state index contributed by atoms with van der Waals surface area (Å²) in [6, 6.07) is 0.584. The van der Waals surface area contributed by atoms with Gasteiger partial charge in [-0.25, -0.2) is 0 Å². The first-order chi connectivity index (χ1) is 11.2. The van der Waals surface area contributed by atoms with Crippen molar-refractivity contribution in [2.45, 2.75) is 25.3 Å². The van der Waals surface area contributed by atoms with Crippen LogP contribution in [-0.2, 0) is 4.79 Å². The van der Waals surface area contributed by atoms with E-state index in [0.717, 1.165) is 45.0 Å². The van der Waals surface area contributed by atoms with Crippen molar-refractivity contribution in [1.29, 1.82) is 0 Å². The number of rotatable bonds is 4. The highest BCUT2D eigenvalue weighted by atomic mass is 127. The largest absolute Gasteiger partial charge is 0.370 e. The third kappa shape index (κ3) is 4.95. The number of piperazine rings is 3. The van der Waals surface area contributed by atoms with E-state index >= 15 is 0 Å². The van der Waals surface area contributed by atoms with Crippen molar-refractivity contribution in [3.8, 4) is 0 Å². The predicted molar refractivity (Wildman–Crippen MR) is 107 cm³/mol. The van der Waals surface area contributed by atoms with Gasteiger partial charge in [0.15, 0.2) is 5.96 Å². The van der Waals surface area contributed by atoms with E-state index < -0.39 is 0 Å². The van der Waals surface area contributed by atoms with Crippen molar-refractivity contribution in [3.05, 3.63) is 0 Å². The van der Waals surface area contributed by atoms with Gasteiger partial charge in [-0.05, 0) is 18.8 Å². The fourth-order valence-corrected chi connectivity index (χ4v) is 4.17. The van der Waals surface area contributed by atoms with E-state index in [0.29, 0.717) is 18.4 Å². The van der Waals surface area contributed by atoms with Crippen molar-refractivity contribution in [1.82, 2.24) is 20.0 Å². The second kappa shape index (κ2) is 9.19. The van der Waals surface area contributed by atoms with Crippen LogP contribution < -0.4 is 11.1 Å². The third-order valence-corrected chi connectivity index (χ3v) is 5.41. The zero-order valence-electron chi connectivity index (χ0n) is 14.6. The zero-order chi connectivity index (χ0) is 16.2. The highest BCUT2D eigenvalue weighted by molar-refractivity contribution is 14.0. The molecule has 4 fully saturated rings. The minimum absolute atomic E-state index is 0. The molecule has 0 aromatic carbocycles. The predicted octanol–water partition coefficient (Wildman–Crippen LogP) is -0.233. The molecule has 4 aliphatic heterocycles. The normalized spacial score (nSPS) is 33.0. The van der Waals surface area contributed by atoms with Gasteiger partial charge in [0.2, 0.25) is 5.91 Å². The molecule has 0 radical (unpaired) electrons. The highest BCUT2D eigenvalue weighted by Crippen LogP contribution is 2.20. The summed E-state index contributed by atoms with van der Waals surface area (Å²) in [5.41, 5.74) is 5.35. The van der Waals surface area contributed by atoms with E-state index in [2.05, 4.69) is 25.0 Å². The van der Waals surface area contributed by atoms with Crippen LogP contribution in [0.1, 0.15) is 19.3 Å². The minimum Gasteiger partial charge on any atom is -0.370 e. The number of amides is 1. The second-order valence-electron chi connectivity index (χ2n) is 7.04. The number of hydrogen-bond acceptors (Lipinski definition) is 4. The Morgan fingerprint density at radius 3 is 2.54 bits per heavy atom. The first kappa shape index (κ1) is 19.7. The van der Waals surface area contributed by atoms with Crippen LogP contribution in [0.4, 0.5) is 0 Å². The Morgan fingerprint density at radius 2 is 1.96 bits per heavy atom. The smallest absolute Gasteiger partial charge is 0.217 e. The number of halogens is 1. The number of carbonyl (C=O) groups excluding carboxylic acids is 1. The summed E-state index contributed by atoms with van der Waals surface area (Å²) in [5.74, 6) is 1.14. The number of nitrogens with two attached hydrogens (primary N) is 1. The summed E-state index contributed by atoms with van der Waals surface area (Å²) >= 11 is 0. The molecule has 0 saturated carbocycles. The fraction of sp³-hybridized carbons (Fsp3) is 0.875. The number of primary amides is 1. The van der Waals surface area contributed by atoms with Gasteiger partial charge in [-0.2, -0.15) is 0 Å². The van der Waals surface area contributed by atoms with Crippen LogP contribution in [0.25, 0.3) is 0 Å². The number of aliphatic imine (C=N–C) groups is 1. The first-order valence-electron chi connectivity index (χ1n) is 8.86. The molecular formula is C16H31IN6O. The molecule has 2 unspecified atom stereocenters. The molecule has 2 atom stereocenters. The van der Waals surface area contributed by atoms with Crippen LogP contribution in [0.3, 0.4) is 0 Å². The van der Waals surface area contributed by atoms with Crippen molar-refractivity contribution in [2.75, 3.05) is 59.4 Å². The zero-order valence-corrected chi connectivity index (χ0v) is 16.9. The molecule has 1 amide bonds. The van der Waals surface area contributed by atoms with Gasteiger partial charge in [0, 0.05) is 71.9 Å². The van der Waals surface area contributed by atoms with Crippen molar-refractivity contribution < 1.29 is 4.79 Å². The molecule has 4 aliphatic rings. The number of likely N-dealkylation sites (tertiary alicyclic amines) is 1. The van der Waals surface area contributed by atoms with Crippen molar-refractivity contribution >= 4 is 35.8 Å². The standard InChI is InChI=1S/C16H30N6O.HI/c1-18-16(22-4-2-3-13(11-22)9-15(17)23)19-10-14-12-20-5-7-21(14)8-6-20;/h13-14H,2-12H2,1H3,(H2,17,23)(H,18,19);1H. The van der Waals surface area contributed by atoms with Gasteiger partial charge in [0.25, 0.3) is 0 Å². The molecule has 24 heavy (non-hydrogen) atoms. The van der Waals surface area contributed by atoms with Crippen LogP contribution >= 0.6 is 24.0 Å². The van der Waals surface area contributed by atoms with E-state index in [1.54, 1.807) is 0 Å². The van der Waals surface area contributed by atoms with Gasteiger partial charge in [0.1, 0.15) is 0 Å². The number of carbonyl (C=O) groups is 1. The van der Waals surface area contributed by atoms with E-state index in [4.69, 9.17) is 5.73 Å². The average molecular weight is 450 g/mol. The van der Waals surface area contributed by atoms with Gasteiger partial charge < -0.3 is 16.0 Å². The van der Waals surface area contributed by atoms with E-state index in [-0.39, 0.29) is 29.9 Å². The molecule has 3 N–H and O–H groups in total. The molecule has 4 saturated heterocycles. The molecule has 7 nitrogen and oxygen atoms in total. The van der Waals surface area contributed by atoms with Crippen LogP contribution in [0.5, 0.6) is 0 Å². The topological polar surface area (TPSA) is 77.2 Å². The maximum Gasteiger partial charge on any atom is 0.217 e. The Bertz CT molecular complexity index is 452. The number of guanidine groups is 1. The lowest BCUT2D eigenvalue weighted by atomic mass is 9.95. The maximum atomic E-state index is 11.2. The third-order valence-electron chi connectivity index (χ3n) is 5.41. The molecule has 0 aliphatic carbocycles. The molecule has 4 heterocycles. The Morgan fingerprint density at radius 1 is 1.21 bits per heavy atom. The molecule has 0 aromatic rings. The summed E-state index contributed by atoms with van der Waals surface area (Å²) in [7, 11) is 1.84. The SMILES string of the molecule is CN=C(NCC1CN2CCN1CC2)N1CCCC(CC(N)=O)C1.I. The van der Waals surface area contributed by atoms with E-state index in [9.17, 15) is 4.79 Å². The molecule has 2 bridgehead atoms. The quantitative estimate of drug-likeness (QED) is 0.352. The maximum absolute atomic E-state index is 11.2. The lowest BCUT2D eigenvalue weighted by molar-refractivity contribution is -0.119. The van der Waals surface area contributed by atoms with Crippen LogP contribution in [-0.4, -0.2) is 92.0 Å². The summed E-state index contributed by atoms with van der Waals surface area (Å²) in [5, 5.41) is 3.56. The lowest BCUT2D eigenvalue weighted by Crippen LogP contribution is -2.64. The molecule has 0 spiro atoms. The number of nitrogens with one attached hydrogen (secondary N) is 1. The number of piperidine rings is 1. The molecule has 0 aromatic heterocycles. The first-order valence-corrected chi connectivity index (χ1v) is 8.86. The Labute approximate surface area is 162 Å². The Kier molecular flexibility index (Phi) is 7.55. The highest BCUT2D eigenvalue weighted by Gasteiger charge is 2.32. The molecular weight excluding hydrogens is 419 g/mol. The van der Waals surface area contributed by atoms with Gasteiger partial charge in [-0.1, -0.05) is 0 Å². The summed E-state index contributed by atoms with van der Waals surface area (Å²) in [4.78, 5) is 23.1. The van der Waals surface area contributed by atoms with Gasteiger partial charge in [-0.15, -0.1) is 24.0 Å². The van der Waals surface area contributed by atoms with Gasteiger partial charge >= 0.3 is 0 Å². The summed E-state index contributed by atoms with van der Waals surface area (Å²) in [6.45, 7) is 8.80. The summed E-state index contributed by atoms with van der Waals surface area (Å²) < 4.78 is 0. The summed E-state index contributed by atoms with van der Waals surface area (Å²) in [6.07, 6.45) is 2.67. The fourth-order valence-electron chi connectivity index (χ4n) is 4.17. The lowest BCUT2D eigenvalue weighted by Gasteiger charge is -2.47. The van der Waals surface area contributed by atoms with Gasteiger partial charge in [-0.3, -0.25) is 19.6 Å². The number of hydrogen-bond donors (Lipinski definition) is 2. The van der Waals surface area contributed by atoms with Crippen LogP contribution in [0, 0.1) is 5.92 Å². The van der Waals surface area contributed by atoms with Crippen LogP contribution in [0.15, 0.2) is 4.99 Å². The molecule has 138 valence electrons. The molecule has 8 heteroatoms. The van der Waals surface area contributed by atoms with Crippen LogP contribution in [0.2, 0.25) is 0 Å². The Balaban J connectivity index is 0.00000208.